The lowest BCUT2D eigenvalue weighted by Gasteiger charge is -2.52. The zero-order valence-electron chi connectivity index (χ0n) is 24.1. The summed E-state index contributed by atoms with van der Waals surface area (Å²) >= 11 is 0. The van der Waals surface area contributed by atoms with E-state index in [9.17, 15) is 34.2 Å². The van der Waals surface area contributed by atoms with E-state index in [1.807, 2.05) is 25.1 Å². The van der Waals surface area contributed by atoms with E-state index < -0.39 is 64.2 Å². The number of rotatable bonds is 8. The molecule has 218 valence electrons. The van der Waals surface area contributed by atoms with Gasteiger partial charge in [-0.2, -0.15) is 0 Å². The number of primary amides is 1. The number of hydrogen-bond acceptors (Lipinski definition) is 9. The average Bonchev–Trinajstić information content (AvgIpc) is 2.86. The number of nitrogens with one attached hydrogen (secondary N) is 1. The zero-order valence-corrected chi connectivity index (χ0v) is 24.1. The Labute approximate surface area is 234 Å². The molecule has 7 atom stereocenters. The third-order valence-corrected chi connectivity index (χ3v) is 9.36. The standard InChI is InChI=1S/C30H41N3O7/c1-7-14(4)11-32-12-16-10-19(33(5)6)17-8-15-9-18-20(13(2)3)25(35)23(29(31)39)28(38)30(18,40)27(37)21(15)26(36)22(17)24(16)34/h10,13-15,18,20-21,23,32,34,40H,7-9,11-12H2,1-6H3,(H2,31,39)/t14?,15-,18-,20-,21?,23?,30-/m0/s1. The molecule has 3 unspecified atom stereocenters. The van der Waals surface area contributed by atoms with Crippen molar-refractivity contribution in [3.8, 4) is 5.75 Å². The van der Waals surface area contributed by atoms with Gasteiger partial charge < -0.3 is 26.2 Å². The molecule has 1 aromatic carbocycles. The number of nitrogens with two attached hydrogens (primary N) is 1. The second-order valence-corrected chi connectivity index (χ2v) is 12.4. The van der Waals surface area contributed by atoms with Gasteiger partial charge in [0.2, 0.25) is 5.91 Å². The van der Waals surface area contributed by atoms with Crippen molar-refractivity contribution in [1.82, 2.24) is 5.32 Å². The molecule has 2 saturated carbocycles. The number of phenols is 1. The summed E-state index contributed by atoms with van der Waals surface area (Å²) in [5.41, 5.74) is 4.57. The minimum absolute atomic E-state index is 0.0226. The number of aliphatic hydroxyl groups is 1. The van der Waals surface area contributed by atoms with E-state index in [1.165, 1.54) is 0 Å². The molecule has 0 aliphatic heterocycles. The number of amides is 1. The van der Waals surface area contributed by atoms with E-state index in [4.69, 9.17) is 5.73 Å². The minimum Gasteiger partial charge on any atom is -0.507 e. The molecule has 0 saturated heterocycles. The van der Waals surface area contributed by atoms with Crippen molar-refractivity contribution in [2.24, 2.45) is 47.2 Å². The number of benzene rings is 1. The molecule has 0 radical (unpaired) electrons. The molecule has 1 aromatic rings. The zero-order chi connectivity index (χ0) is 29.8. The van der Waals surface area contributed by atoms with Gasteiger partial charge in [-0.3, -0.25) is 24.0 Å². The lowest BCUT2D eigenvalue weighted by molar-refractivity contribution is -0.182. The number of ketones is 4. The monoisotopic (exact) mass is 555 g/mol. The Morgan fingerprint density at radius 2 is 1.82 bits per heavy atom. The van der Waals surface area contributed by atoms with Gasteiger partial charge in [-0.25, -0.2) is 0 Å². The Hall–Kier alpha value is -3.11. The molecule has 40 heavy (non-hydrogen) atoms. The maximum atomic E-state index is 14.1. The van der Waals surface area contributed by atoms with Crippen molar-refractivity contribution in [1.29, 1.82) is 0 Å². The quantitative estimate of drug-likeness (QED) is 0.347. The van der Waals surface area contributed by atoms with E-state index in [0.29, 0.717) is 23.6 Å². The molecule has 1 amide bonds. The van der Waals surface area contributed by atoms with Gasteiger partial charge in [0.25, 0.3) is 0 Å². The van der Waals surface area contributed by atoms with Gasteiger partial charge in [-0.1, -0.05) is 34.1 Å². The number of nitrogens with zero attached hydrogens (tertiary/aromatic N) is 1. The van der Waals surface area contributed by atoms with E-state index in [-0.39, 0.29) is 30.1 Å². The fraction of sp³-hybridized carbons (Fsp3) is 0.633. The fourth-order valence-corrected chi connectivity index (χ4v) is 7.09. The first kappa shape index (κ1) is 29.9. The second-order valence-electron chi connectivity index (χ2n) is 12.4. The van der Waals surface area contributed by atoms with Gasteiger partial charge >= 0.3 is 0 Å². The summed E-state index contributed by atoms with van der Waals surface area (Å²) < 4.78 is 0. The Bertz CT molecular complexity index is 1270. The van der Waals surface area contributed by atoms with Crippen LogP contribution >= 0.6 is 0 Å². The summed E-state index contributed by atoms with van der Waals surface area (Å²) in [6.07, 6.45) is 1.30. The van der Waals surface area contributed by atoms with Crippen molar-refractivity contribution < 1.29 is 34.2 Å². The third kappa shape index (κ3) is 4.45. The minimum atomic E-state index is -2.69. The number of hydrogen-bond donors (Lipinski definition) is 4. The molecule has 0 spiro atoms. The summed E-state index contributed by atoms with van der Waals surface area (Å²) in [7, 11) is 3.67. The van der Waals surface area contributed by atoms with Gasteiger partial charge in [0.05, 0.1) is 11.5 Å². The molecule has 10 nitrogen and oxygen atoms in total. The van der Waals surface area contributed by atoms with Gasteiger partial charge in [-0.05, 0) is 48.8 Å². The lowest BCUT2D eigenvalue weighted by atomic mass is 9.49. The molecule has 4 rings (SSSR count). The molecular formula is C30H41N3O7. The summed E-state index contributed by atoms with van der Waals surface area (Å²) in [5.74, 6) is -11.0. The Kier molecular flexibility index (Phi) is 7.99. The van der Waals surface area contributed by atoms with Crippen LogP contribution in [0.3, 0.4) is 0 Å². The van der Waals surface area contributed by atoms with Crippen molar-refractivity contribution in [3.63, 3.8) is 0 Å². The summed E-state index contributed by atoms with van der Waals surface area (Å²) in [5, 5.41) is 26.4. The number of anilines is 1. The van der Waals surface area contributed by atoms with Crippen LogP contribution in [-0.4, -0.2) is 65.5 Å². The summed E-state index contributed by atoms with van der Waals surface area (Å²) in [4.78, 5) is 68.8. The number of fused-ring (bicyclic) bond motifs is 3. The van der Waals surface area contributed by atoms with E-state index in [0.717, 1.165) is 18.7 Å². The molecule has 3 aliphatic carbocycles. The number of carbonyl (C=O) groups excluding carboxylic acids is 5. The van der Waals surface area contributed by atoms with Gasteiger partial charge in [0, 0.05) is 43.7 Å². The molecule has 0 aromatic heterocycles. The first-order chi connectivity index (χ1) is 18.7. The fourth-order valence-electron chi connectivity index (χ4n) is 7.09. The normalized spacial score (nSPS) is 30.6. The van der Waals surface area contributed by atoms with Crippen LogP contribution in [0.4, 0.5) is 5.69 Å². The predicted octanol–water partition coefficient (Wildman–Crippen LogP) is 1.41. The number of aromatic hydroxyl groups is 1. The van der Waals surface area contributed by atoms with E-state index in [2.05, 4.69) is 19.2 Å². The molecule has 5 N–H and O–H groups in total. The summed E-state index contributed by atoms with van der Waals surface area (Å²) in [6, 6.07) is 1.84. The van der Waals surface area contributed by atoms with Gasteiger partial charge in [0.15, 0.2) is 34.7 Å². The first-order valence-electron chi connectivity index (χ1n) is 14.1. The lowest BCUT2D eigenvalue weighted by Crippen LogP contribution is -2.71. The smallest absolute Gasteiger partial charge is 0.235 e. The van der Waals surface area contributed by atoms with Crippen LogP contribution in [0.15, 0.2) is 6.07 Å². The topological polar surface area (TPSA) is 167 Å². The average molecular weight is 556 g/mol. The van der Waals surface area contributed by atoms with Crippen molar-refractivity contribution in [2.45, 2.75) is 59.1 Å². The number of Topliss-reactive ketones (excluding diaryl/α,β-unsaturated/α-hetero) is 4. The van der Waals surface area contributed by atoms with Crippen LogP contribution in [0.25, 0.3) is 0 Å². The van der Waals surface area contributed by atoms with Gasteiger partial charge in [0.1, 0.15) is 5.75 Å². The van der Waals surface area contributed by atoms with Crippen LogP contribution in [0.2, 0.25) is 0 Å². The molecule has 3 aliphatic rings. The Morgan fingerprint density at radius 1 is 1.18 bits per heavy atom. The second kappa shape index (κ2) is 10.7. The largest absolute Gasteiger partial charge is 0.507 e. The van der Waals surface area contributed by atoms with Crippen molar-refractivity contribution >= 4 is 34.7 Å². The van der Waals surface area contributed by atoms with Crippen LogP contribution in [0.1, 0.15) is 62.0 Å². The Morgan fingerprint density at radius 3 is 2.38 bits per heavy atom. The maximum Gasteiger partial charge on any atom is 0.235 e. The predicted molar refractivity (Wildman–Crippen MR) is 148 cm³/mol. The highest BCUT2D eigenvalue weighted by Crippen LogP contribution is 2.54. The van der Waals surface area contributed by atoms with Crippen LogP contribution in [-0.2, 0) is 32.1 Å². The highest BCUT2D eigenvalue weighted by Gasteiger charge is 2.69. The third-order valence-electron chi connectivity index (χ3n) is 9.36. The van der Waals surface area contributed by atoms with Crippen LogP contribution < -0.4 is 16.0 Å². The number of carbonyl (C=O) groups is 5. The van der Waals surface area contributed by atoms with Crippen molar-refractivity contribution in [3.05, 3.63) is 22.8 Å². The highest BCUT2D eigenvalue weighted by atomic mass is 16.3. The van der Waals surface area contributed by atoms with E-state index in [1.54, 1.807) is 13.8 Å². The van der Waals surface area contributed by atoms with Crippen LogP contribution in [0, 0.1) is 41.4 Å². The first-order valence-corrected chi connectivity index (χ1v) is 14.1. The SMILES string of the molecule is CCC(C)CNCc1cc(N(C)C)c2c(c1O)C(=O)C1C(=O)[C@]3(O)C(=O)C(C(N)=O)C(=O)[C@@H](C(C)C)[C@@H]3C[C@@H]1C2. The van der Waals surface area contributed by atoms with E-state index >= 15 is 0 Å². The van der Waals surface area contributed by atoms with Crippen molar-refractivity contribution in [2.75, 3.05) is 25.5 Å². The molecule has 0 bridgehead atoms. The van der Waals surface area contributed by atoms with Gasteiger partial charge in [-0.15, -0.1) is 0 Å². The molecule has 0 heterocycles. The molecule has 10 heteroatoms. The highest BCUT2D eigenvalue weighted by molar-refractivity contribution is 6.32. The molecule has 2 fully saturated rings. The van der Waals surface area contributed by atoms with Crippen LogP contribution in [0.5, 0.6) is 5.75 Å². The summed E-state index contributed by atoms with van der Waals surface area (Å²) in [6.45, 7) is 8.68. The maximum absolute atomic E-state index is 14.1. The Balaban J connectivity index is 1.82. The molecular weight excluding hydrogens is 514 g/mol. The number of phenolic OH excluding ortho intramolecular Hbond substituents is 1.